The summed E-state index contributed by atoms with van der Waals surface area (Å²) < 4.78 is 5.94. The summed E-state index contributed by atoms with van der Waals surface area (Å²) in [6.45, 7) is 2.61. The van der Waals surface area contributed by atoms with E-state index in [-0.39, 0.29) is 5.91 Å². The fourth-order valence-electron chi connectivity index (χ4n) is 2.85. The van der Waals surface area contributed by atoms with E-state index < -0.39 is 6.10 Å². The van der Waals surface area contributed by atoms with Gasteiger partial charge in [-0.15, -0.1) is 0 Å². The molecule has 3 aromatic rings. The number of carbonyl (C=O) groups excluding carboxylic acids is 1. The molecule has 0 aliphatic carbocycles. The lowest BCUT2D eigenvalue weighted by molar-refractivity contribution is -0.127. The summed E-state index contributed by atoms with van der Waals surface area (Å²) >= 11 is 1.82. The van der Waals surface area contributed by atoms with Crippen LogP contribution in [0.3, 0.4) is 0 Å². The van der Waals surface area contributed by atoms with Gasteiger partial charge in [0.2, 0.25) is 0 Å². The minimum Gasteiger partial charge on any atom is -0.481 e. The van der Waals surface area contributed by atoms with E-state index in [0.717, 1.165) is 28.0 Å². The summed E-state index contributed by atoms with van der Waals surface area (Å²) in [5, 5.41) is 5.27. The highest BCUT2D eigenvalue weighted by atomic mass is 32.2. The molecule has 1 unspecified atom stereocenters. The van der Waals surface area contributed by atoms with Crippen LogP contribution in [0.15, 0.2) is 72.8 Å². The molecule has 27 heavy (non-hydrogen) atoms. The van der Waals surface area contributed by atoms with Crippen molar-refractivity contribution in [2.75, 3.05) is 12.3 Å². The molecule has 4 heteroatoms. The Bertz CT molecular complexity index is 866. The van der Waals surface area contributed by atoms with Gasteiger partial charge >= 0.3 is 0 Å². The zero-order chi connectivity index (χ0) is 18.9. The number of ether oxygens (including phenoxy) is 1. The second kappa shape index (κ2) is 10.0. The monoisotopic (exact) mass is 379 g/mol. The van der Waals surface area contributed by atoms with E-state index in [2.05, 4.69) is 23.5 Å². The van der Waals surface area contributed by atoms with Gasteiger partial charge in [-0.05, 0) is 34.9 Å². The zero-order valence-electron chi connectivity index (χ0n) is 15.6. The van der Waals surface area contributed by atoms with Crippen molar-refractivity contribution in [3.63, 3.8) is 0 Å². The fraction of sp³-hybridized carbons (Fsp3) is 0.261. The molecule has 0 aliphatic rings. The van der Waals surface area contributed by atoms with Crippen LogP contribution in [0, 0.1) is 0 Å². The Morgan fingerprint density at radius 3 is 2.52 bits per heavy atom. The minimum absolute atomic E-state index is 0.0500. The van der Waals surface area contributed by atoms with Gasteiger partial charge in [-0.25, -0.2) is 0 Å². The SMILES string of the molecule is CCC(Oc1ccc2ccccc2c1)C(=O)NCCSCc1ccccc1. The minimum atomic E-state index is -0.467. The molecule has 3 rings (SSSR count). The first-order valence-electron chi connectivity index (χ1n) is 9.31. The number of rotatable bonds is 9. The maximum Gasteiger partial charge on any atom is 0.261 e. The molecule has 0 spiro atoms. The first-order valence-corrected chi connectivity index (χ1v) is 10.5. The lowest BCUT2D eigenvalue weighted by Gasteiger charge is -2.17. The number of amides is 1. The summed E-state index contributed by atoms with van der Waals surface area (Å²) in [4.78, 5) is 12.4. The number of nitrogens with one attached hydrogen (secondary N) is 1. The maximum atomic E-state index is 12.4. The molecular weight excluding hydrogens is 354 g/mol. The molecule has 1 N–H and O–H groups in total. The third kappa shape index (κ3) is 5.76. The van der Waals surface area contributed by atoms with Gasteiger partial charge in [0.25, 0.3) is 5.91 Å². The molecule has 0 aliphatic heterocycles. The third-order valence-corrected chi connectivity index (χ3v) is 5.35. The molecule has 3 aromatic carbocycles. The molecule has 0 saturated carbocycles. The summed E-state index contributed by atoms with van der Waals surface area (Å²) in [5.41, 5.74) is 1.31. The topological polar surface area (TPSA) is 38.3 Å². The van der Waals surface area contributed by atoms with Crippen LogP contribution in [0.4, 0.5) is 0 Å². The highest BCUT2D eigenvalue weighted by molar-refractivity contribution is 7.98. The third-order valence-electron chi connectivity index (χ3n) is 4.32. The van der Waals surface area contributed by atoms with Crippen LogP contribution >= 0.6 is 11.8 Å². The number of fused-ring (bicyclic) bond motifs is 1. The molecule has 1 atom stereocenters. The number of carbonyl (C=O) groups is 1. The Balaban J connectivity index is 1.45. The van der Waals surface area contributed by atoms with Gasteiger partial charge in [-0.2, -0.15) is 11.8 Å². The Morgan fingerprint density at radius 1 is 1.00 bits per heavy atom. The van der Waals surface area contributed by atoms with Crippen molar-refractivity contribution in [3.8, 4) is 5.75 Å². The van der Waals surface area contributed by atoms with Crippen molar-refractivity contribution in [2.45, 2.75) is 25.2 Å². The first kappa shape index (κ1) is 19.3. The van der Waals surface area contributed by atoms with E-state index in [1.807, 2.05) is 73.3 Å². The fourth-order valence-corrected chi connectivity index (χ4v) is 3.67. The zero-order valence-corrected chi connectivity index (χ0v) is 16.4. The van der Waals surface area contributed by atoms with Crippen LogP contribution in [0.5, 0.6) is 5.75 Å². The highest BCUT2D eigenvalue weighted by Gasteiger charge is 2.17. The lowest BCUT2D eigenvalue weighted by atomic mass is 10.1. The Hall–Kier alpha value is -2.46. The predicted molar refractivity (Wildman–Crippen MR) is 114 cm³/mol. The van der Waals surface area contributed by atoms with Crippen LogP contribution in [-0.4, -0.2) is 24.3 Å². The molecule has 140 valence electrons. The van der Waals surface area contributed by atoms with Gasteiger partial charge < -0.3 is 10.1 Å². The molecule has 0 bridgehead atoms. The van der Waals surface area contributed by atoms with Crippen molar-refractivity contribution < 1.29 is 9.53 Å². The lowest BCUT2D eigenvalue weighted by Crippen LogP contribution is -2.39. The van der Waals surface area contributed by atoms with Gasteiger partial charge in [-0.1, -0.05) is 67.6 Å². The number of thioether (sulfide) groups is 1. The standard InChI is InChI=1S/C23H25NO2S/c1-2-22(26-21-13-12-19-10-6-7-11-20(19)16-21)23(25)24-14-15-27-17-18-8-4-3-5-9-18/h3-13,16,22H,2,14-15,17H2,1H3,(H,24,25). The van der Waals surface area contributed by atoms with Crippen molar-refractivity contribution >= 4 is 28.4 Å². The number of hydrogen-bond acceptors (Lipinski definition) is 3. The van der Waals surface area contributed by atoms with Crippen molar-refractivity contribution in [2.24, 2.45) is 0 Å². The van der Waals surface area contributed by atoms with Gasteiger partial charge in [-0.3, -0.25) is 4.79 Å². The summed E-state index contributed by atoms with van der Waals surface area (Å²) in [5.74, 6) is 2.52. The Morgan fingerprint density at radius 2 is 1.74 bits per heavy atom. The molecule has 0 heterocycles. The molecule has 0 aromatic heterocycles. The van der Waals surface area contributed by atoms with E-state index in [9.17, 15) is 4.79 Å². The van der Waals surface area contributed by atoms with Gasteiger partial charge in [0.05, 0.1) is 0 Å². The van der Waals surface area contributed by atoms with E-state index in [4.69, 9.17) is 4.74 Å². The Labute approximate surface area is 165 Å². The molecule has 0 fully saturated rings. The largest absolute Gasteiger partial charge is 0.481 e. The van der Waals surface area contributed by atoms with Crippen LogP contribution in [0.2, 0.25) is 0 Å². The van der Waals surface area contributed by atoms with E-state index in [1.165, 1.54) is 5.56 Å². The summed E-state index contributed by atoms with van der Waals surface area (Å²) in [7, 11) is 0. The second-order valence-electron chi connectivity index (χ2n) is 6.35. The smallest absolute Gasteiger partial charge is 0.261 e. The number of hydrogen-bond donors (Lipinski definition) is 1. The van der Waals surface area contributed by atoms with E-state index in [0.29, 0.717) is 13.0 Å². The van der Waals surface area contributed by atoms with E-state index >= 15 is 0 Å². The van der Waals surface area contributed by atoms with Crippen LogP contribution in [-0.2, 0) is 10.5 Å². The molecule has 1 amide bonds. The van der Waals surface area contributed by atoms with Crippen LogP contribution in [0.25, 0.3) is 10.8 Å². The van der Waals surface area contributed by atoms with Gasteiger partial charge in [0.15, 0.2) is 6.10 Å². The average molecular weight is 380 g/mol. The normalized spacial score (nSPS) is 11.9. The number of benzene rings is 3. The Kier molecular flexibility index (Phi) is 7.17. The highest BCUT2D eigenvalue weighted by Crippen LogP contribution is 2.22. The van der Waals surface area contributed by atoms with Crippen LogP contribution < -0.4 is 10.1 Å². The van der Waals surface area contributed by atoms with Gasteiger partial charge in [0, 0.05) is 18.1 Å². The van der Waals surface area contributed by atoms with Crippen LogP contribution in [0.1, 0.15) is 18.9 Å². The summed E-state index contributed by atoms with van der Waals surface area (Å²) in [6.07, 6.45) is 0.167. The average Bonchev–Trinajstić information content (AvgIpc) is 2.72. The summed E-state index contributed by atoms with van der Waals surface area (Å²) in [6, 6.07) is 24.4. The van der Waals surface area contributed by atoms with Gasteiger partial charge in [0.1, 0.15) is 5.75 Å². The first-order chi connectivity index (χ1) is 13.3. The quantitative estimate of drug-likeness (QED) is 0.529. The molecule has 0 saturated heterocycles. The van der Waals surface area contributed by atoms with Crippen molar-refractivity contribution in [1.82, 2.24) is 5.32 Å². The maximum absolute atomic E-state index is 12.4. The predicted octanol–water partition coefficient (Wildman–Crippen LogP) is 5.05. The van der Waals surface area contributed by atoms with Crippen molar-refractivity contribution in [3.05, 3.63) is 78.4 Å². The van der Waals surface area contributed by atoms with E-state index in [1.54, 1.807) is 0 Å². The molecule has 0 radical (unpaired) electrons. The van der Waals surface area contributed by atoms with Crippen molar-refractivity contribution in [1.29, 1.82) is 0 Å². The molecular formula is C23H25NO2S. The second-order valence-corrected chi connectivity index (χ2v) is 7.46. The molecule has 3 nitrogen and oxygen atoms in total.